The minimum Gasteiger partial charge on any atom is -0.478 e. The number of nitrogens with zero attached hydrogens (tertiary/aromatic N) is 2. The van der Waals surface area contributed by atoms with E-state index in [9.17, 15) is 9.59 Å². The molecule has 3 heterocycles. The van der Waals surface area contributed by atoms with Crippen LogP contribution in [0.3, 0.4) is 0 Å². The molecule has 0 spiro atoms. The Hall–Kier alpha value is -2.93. The van der Waals surface area contributed by atoms with Gasteiger partial charge < -0.3 is 20.3 Å². The van der Waals surface area contributed by atoms with Crippen LogP contribution in [0, 0.1) is 5.92 Å². The van der Waals surface area contributed by atoms with Crippen molar-refractivity contribution in [3.8, 4) is 5.75 Å². The molecule has 0 bridgehead atoms. The van der Waals surface area contributed by atoms with Gasteiger partial charge in [0.1, 0.15) is 5.75 Å². The maximum atomic E-state index is 12.8. The number of carbonyl (C=O) groups is 2. The topological polar surface area (TPSA) is 83.6 Å². The fraction of sp³-hybridized carbons (Fsp3) is 0.435. The number of anilines is 1. The second-order valence-corrected chi connectivity index (χ2v) is 8.50. The van der Waals surface area contributed by atoms with Crippen LogP contribution < -0.4 is 15.4 Å². The quantitative estimate of drug-likeness (QED) is 0.766. The molecule has 1 aromatic heterocycles. The summed E-state index contributed by atoms with van der Waals surface area (Å²) in [6, 6.07) is 9.02. The zero-order chi connectivity index (χ0) is 21.1. The molecule has 1 atom stereocenters. The van der Waals surface area contributed by atoms with Gasteiger partial charge in [-0.3, -0.25) is 9.78 Å². The van der Waals surface area contributed by atoms with Gasteiger partial charge in [-0.25, -0.2) is 4.79 Å². The average Bonchev–Trinajstić information content (AvgIpc) is 3.37. The number of fused-ring (bicyclic) bond motifs is 1. The molecular formula is C23H28N4O3. The molecule has 2 amide bonds. The molecule has 7 nitrogen and oxygen atoms in total. The Bertz CT molecular complexity index is 895. The average molecular weight is 409 g/mol. The number of carbonyl (C=O) groups excluding carboxylic acids is 2. The Morgan fingerprint density at radius 3 is 2.63 bits per heavy atom. The van der Waals surface area contributed by atoms with Crippen molar-refractivity contribution in [3.63, 3.8) is 0 Å². The number of benzene rings is 1. The van der Waals surface area contributed by atoms with Crippen molar-refractivity contribution in [2.75, 3.05) is 18.4 Å². The highest BCUT2D eigenvalue weighted by molar-refractivity contribution is 5.90. The first-order valence-corrected chi connectivity index (χ1v) is 10.5. The summed E-state index contributed by atoms with van der Waals surface area (Å²) in [5.41, 5.74) is 2.10. The molecule has 1 aromatic carbocycles. The van der Waals surface area contributed by atoms with Crippen LogP contribution in [0.2, 0.25) is 0 Å². The second-order valence-electron chi connectivity index (χ2n) is 8.50. The first-order valence-electron chi connectivity index (χ1n) is 10.5. The van der Waals surface area contributed by atoms with Crippen molar-refractivity contribution in [1.29, 1.82) is 0 Å². The molecule has 0 aliphatic carbocycles. The van der Waals surface area contributed by atoms with Gasteiger partial charge in [-0.15, -0.1) is 0 Å². The smallest absolute Gasteiger partial charge is 0.322 e. The van der Waals surface area contributed by atoms with Gasteiger partial charge in [0.15, 0.2) is 11.4 Å². The monoisotopic (exact) mass is 408 g/mol. The number of urea groups is 1. The molecule has 2 N–H and O–H groups in total. The minimum absolute atomic E-state index is 0.142. The molecule has 158 valence electrons. The standard InChI is InChI=1S/C23H28N4O3/c1-16(2)11-21(28)23(8-10-25-15-23)30-20-5-3-19(4-6-20)26-22(29)27-13-17-7-9-24-12-18(17)14-27/h3-7,9,12,16,25H,8,10-11,13-15H2,1-2H3,(H,26,29)/t23-/m1/s1. The summed E-state index contributed by atoms with van der Waals surface area (Å²) in [5.74, 6) is 1.07. The van der Waals surface area contributed by atoms with Crippen LogP contribution in [0.1, 0.15) is 37.8 Å². The van der Waals surface area contributed by atoms with E-state index < -0.39 is 5.60 Å². The van der Waals surface area contributed by atoms with Crippen molar-refractivity contribution in [1.82, 2.24) is 15.2 Å². The van der Waals surface area contributed by atoms with E-state index in [2.05, 4.69) is 15.6 Å². The summed E-state index contributed by atoms with van der Waals surface area (Å²) in [6.45, 7) is 6.52. The molecule has 1 saturated heterocycles. The Morgan fingerprint density at radius 2 is 1.97 bits per heavy atom. The van der Waals surface area contributed by atoms with E-state index in [1.54, 1.807) is 35.4 Å². The molecule has 1 fully saturated rings. The number of amides is 2. The number of nitrogens with one attached hydrogen (secondary N) is 2. The van der Waals surface area contributed by atoms with Crippen LogP contribution >= 0.6 is 0 Å². The van der Waals surface area contributed by atoms with E-state index in [-0.39, 0.29) is 11.8 Å². The highest BCUT2D eigenvalue weighted by Gasteiger charge is 2.43. The van der Waals surface area contributed by atoms with Gasteiger partial charge >= 0.3 is 6.03 Å². The number of hydrogen-bond acceptors (Lipinski definition) is 5. The van der Waals surface area contributed by atoms with E-state index in [1.165, 1.54) is 0 Å². The third-order valence-corrected chi connectivity index (χ3v) is 5.65. The number of hydrogen-bond donors (Lipinski definition) is 2. The maximum absolute atomic E-state index is 12.8. The Balaban J connectivity index is 1.38. The minimum atomic E-state index is -0.801. The molecule has 2 aliphatic rings. The zero-order valence-corrected chi connectivity index (χ0v) is 17.5. The Labute approximate surface area is 176 Å². The Morgan fingerprint density at radius 1 is 1.20 bits per heavy atom. The molecule has 4 rings (SSSR count). The highest BCUT2D eigenvalue weighted by atomic mass is 16.5. The van der Waals surface area contributed by atoms with Crippen LogP contribution in [0.5, 0.6) is 5.75 Å². The largest absolute Gasteiger partial charge is 0.478 e. The van der Waals surface area contributed by atoms with E-state index >= 15 is 0 Å². The summed E-state index contributed by atoms with van der Waals surface area (Å²) in [4.78, 5) is 31.3. The lowest BCUT2D eigenvalue weighted by molar-refractivity contribution is -0.133. The molecule has 2 aromatic rings. The summed E-state index contributed by atoms with van der Waals surface area (Å²) in [7, 11) is 0. The first-order chi connectivity index (χ1) is 14.4. The van der Waals surface area contributed by atoms with Crippen LogP contribution in [0.15, 0.2) is 42.7 Å². The van der Waals surface area contributed by atoms with Crippen molar-refractivity contribution in [3.05, 3.63) is 53.9 Å². The van der Waals surface area contributed by atoms with Gasteiger partial charge in [0, 0.05) is 50.6 Å². The predicted octanol–water partition coefficient (Wildman–Crippen LogP) is 3.36. The van der Waals surface area contributed by atoms with Crippen molar-refractivity contribution in [2.24, 2.45) is 5.92 Å². The molecule has 7 heteroatoms. The molecule has 0 unspecified atom stereocenters. The van der Waals surface area contributed by atoms with Crippen molar-refractivity contribution < 1.29 is 14.3 Å². The van der Waals surface area contributed by atoms with Gasteiger partial charge in [0.05, 0.1) is 0 Å². The van der Waals surface area contributed by atoms with Crippen LogP contribution in [-0.2, 0) is 17.9 Å². The van der Waals surface area contributed by atoms with Crippen molar-refractivity contribution >= 4 is 17.5 Å². The number of ether oxygens (including phenoxy) is 1. The third kappa shape index (κ3) is 4.31. The van der Waals surface area contributed by atoms with Gasteiger partial charge in [0.2, 0.25) is 0 Å². The number of aromatic nitrogens is 1. The molecule has 2 aliphatic heterocycles. The van der Waals surface area contributed by atoms with Gasteiger partial charge in [-0.2, -0.15) is 0 Å². The number of pyridine rings is 1. The number of Topliss-reactive ketones (excluding diaryl/α,β-unsaturated/α-hetero) is 1. The molecule has 0 radical (unpaired) electrons. The SMILES string of the molecule is CC(C)CC(=O)[C@@]1(Oc2ccc(NC(=O)N3Cc4ccncc4C3)cc2)CCNC1. The lowest BCUT2D eigenvalue weighted by Crippen LogP contribution is -2.47. The van der Waals surface area contributed by atoms with Gasteiger partial charge in [-0.05, 0) is 53.9 Å². The van der Waals surface area contributed by atoms with E-state index in [4.69, 9.17) is 4.74 Å². The molecule has 30 heavy (non-hydrogen) atoms. The second kappa shape index (κ2) is 8.44. The Kier molecular flexibility index (Phi) is 5.72. The molecular weight excluding hydrogens is 380 g/mol. The number of ketones is 1. The summed E-state index contributed by atoms with van der Waals surface area (Å²) < 4.78 is 6.19. The van der Waals surface area contributed by atoms with Gasteiger partial charge in [-0.1, -0.05) is 13.8 Å². The third-order valence-electron chi connectivity index (χ3n) is 5.65. The lowest BCUT2D eigenvalue weighted by atomic mass is 9.91. The van der Waals surface area contributed by atoms with E-state index in [0.717, 1.165) is 17.7 Å². The number of rotatable bonds is 6. The van der Waals surface area contributed by atoms with Crippen molar-refractivity contribution in [2.45, 2.75) is 45.4 Å². The van der Waals surface area contributed by atoms with E-state index in [1.807, 2.05) is 26.1 Å². The zero-order valence-electron chi connectivity index (χ0n) is 17.5. The fourth-order valence-electron chi connectivity index (χ4n) is 4.01. The molecule has 0 saturated carbocycles. The summed E-state index contributed by atoms with van der Waals surface area (Å²) in [5, 5.41) is 6.18. The van der Waals surface area contributed by atoms with Gasteiger partial charge in [0.25, 0.3) is 0 Å². The van der Waals surface area contributed by atoms with E-state index in [0.29, 0.717) is 49.8 Å². The fourth-order valence-corrected chi connectivity index (χ4v) is 4.01. The maximum Gasteiger partial charge on any atom is 0.322 e. The summed E-state index contributed by atoms with van der Waals surface area (Å²) in [6.07, 6.45) is 4.73. The first kappa shape index (κ1) is 20.3. The van der Waals surface area contributed by atoms with Crippen LogP contribution in [0.25, 0.3) is 0 Å². The summed E-state index contributed by atoms with van der Waals surface area (Å²) >= 11 is 0. The lowest BCUT2D eigenvalue weighted by Gasteiger charge is -2.29. The van der Waals surface area contributed by atoms with Crippen LogP contribution in [0.4, 0.5) is 10.5 Å². The van der Waals surface area contributed by atoms with Crippen LogP contribution in [-0.4, -0.2) is 40.4 Å². The highest BCUT2D eigenvalue weighted by Crippen LogP contribution is 2.29. The predicted molar refractivity (Wildman–Crippen MR) is 114 cm³/mol. The normalized spacial score (nSPS) is 20.3.